The summed E-state index contributed by atoms with van der Waals surface area (Å²) in [6.45, 7) is 4.05. The predicted octanol–water partition coefficient (Wildman–Crippen LogP) is 4.05. The lowest BCUT2D eigenvalue weighted by Crippen LogP contribution is -1.96. The molecule has 0 radical (unpaired) electrons. The van der Waals surface area contributed by atoms with Crippen molar-refractivity contribution in [1.82, 2.24) is 9.78 Å². The SMILES string of the molecule is CCc1nn(-c2ccc(Cl)cc2)c(Cl)c1C. The summed E-state index contributed by atoms with van der Waals surface area (Å²) in [5, 5.41) is 5.84. The van der Waals surface area contributed by atoms with Crippen LogP contribution in [0, 0.1) is 6.92 Å². The van der Waals surface area contributed by atoms with E-state index in [-0.39, 0.29) is 0 Å². The van der Waals surface area contributed by atoms with Crippen molar-refractivity contribution in [2.24, 2.45) is 0 Å². The molecule has 16 heavy (non-hydrogen) atoms. The number of aryl methyl sites for hydroxylation is 1. The summed E-state index contributed by atoms with van der Waals surface area (Å²) in [6.07, 6.45) is 0.881. The van der Waals surface area contributed by atoms with Gasteiger partial charge in [-0.05, 0) is 37.6 Å². The molecule has 0 saturated heterocycles. The standard InChI is InChI=1S/C12H12Cl2N2/c1-3-11-8(2)12(14)16(15-11)10-6-4-9(13)5-7-10/h4-7H,3H2,1-2H3. The largest absolute Gasteiger partial charge is 0.222 e. The first-order chi connectivity index (χ1) is 7.63. The molecule has 1 aromatic carbocycles. The van der Waals surface area contributed by atoms with Gasteiger partial charge in [0.2, 0.25) is 0 Å². The van der Waals surface area contributed by atoms with Crippen LogP contribution in [0.2, 0.25) is 10.2 Å². The minimum absolute atomic E-state index is 0.666. The Hall–Kier alpha value is -0.990. The minimum atomic E-state index is 0.666. The molecule has 0 amide bonds. The fraction of sp³-hybridized carbons (Fsp3) is 0.250. The van der Waals surface area contributed by atoms with Crippen molar-refractivity contribution < 1.29 is 0 Å². The molecule has 2 nitrogen and oxygen atoms in total. The molecule has 84 valence electrons. The monoisotopic (exact) mass is 254 g/mol. The first-order valence-electron chi connectivity index (χ1n) is 5.13. The first-order valence-corrected chi connectivity index (χ1v) is 5.89. The van der Waals surface area contributed by atoms with E-state index < -0.39 is 0 Å². The molecule has 0 aliphatic heterocycles. The molecule has 4 heteroatoms. The van der Waals surface area contributed by atoms with E-state index in [1.165, 1.54) is 0 Å². The van der Waals surface area contributed by atoms with Gasteiger partial charge >= 0.3 is 0 Å². The minimum Gasteiger partial charge on any atom is -0.222 e. The molecule has 0 aliphatic carbocycles. The third-order valence-corrected chi connectivity index (χ3v) is 3.25. The molecule has 0 aliphatic rings. The molecule has 0 N–H and O–H groups in total. The topological polar surface area (TPSA) is 17.8 Å². The molecular formula is C12H12Cl2N2. The average Bonchev–Trinajstić information content (AvgIpc) is 2.57. The highest BCUT2D eigenvalue weighted by Crippen LogP contribution is 2.23. The Bertz CT molecular complexity index is 500. The Morgan fingerprint density at radius 3 is 2.31 bits per heavy atom. The number of hydrogen-bond acceptors (Lipinski definition) is 1. The highest BCUT2D eigenvalue weighted by atomic mass is 35.5. The van der Waals surface area contributed by atoms with Gasteiger partial charge in [-0.25, -0.2) is 4.68 Å². The van der Waals surface area contributed by atoms with Crippen LogP contribution in [0.3, 0.4) is 0 Å². The van der Waals surface area contributed by atoms with Crippen molar-refractivity contribution in [3.8, 4) is 5.69 Å². The smallest absolute Gasteiger partial charge is 0.136 e. The molecule has 0 atom stereocenters. The van der Waals surface area contributed by atoms with Gasteiger partial charge in [-0.2, -0.15) is 5.10 Å². The number of nitrogens with zero attached hydrogens (tertiary/aromatic N) is 2. The van der Waals surface area contributed by atoms with E-state index in [2.05, 4.69) is 12.0 Å². The second kappa shape index (κ2) is 4.48. The van der Waals surface area contributed by atoms with Crippen LogP contribution in [0.5, 0.6) is 0 Å². The van der Waals surface area contributed by atoms with Gasteiger partial charge in [0.05, 0.1) is 11.4 Å². The molecule has 1 aromatic heterocycles. The van der Waals surface area contributed by atoms with Gasteiger partial charge in [-0.15, -0.1) is 0 Å². The number of aromatic nitrogens is 2. The number of benzene rings is 1. The van der Waals surface area contributed by atoms with E-state index >= 15 is 0 Å². The van der Waals surface area contributed by atoms with E-state index in [1.54, 1.807) is 4.68 Å². The maximum Gasteiger partial charge on any atom is 0.136 e. The highest BCUT2D eigenvalue weighted by Gasteiger charge is 2.12. The van der Waals surface area contributed by atoms with Gasteiger partial charge in [0.15, 0.2) is 0 Å². The van der Waals surface area contributed by atoms with Crippen molar-refractivity contribution in [3.05, 3.63) is 45.7 Å². The van der Waals surface area contributed by atoms with E-state index in [9.17, 15) is 0 Å². The van der Waals surface area contributed by atoms with Crippen LogP contribution in [0.15, 0.2) is 24.3 Å². The maximum absolute atomic E-state index is 6.23. The van der Waals surface area contributed by atoms with Gasteiger partial charge in [0.1, 0.15) is 5.15 Å². The van der Waals surface area contributed by atoms with Crippen molar-refractivity contribution >= 4 is 23.2 Å². The average molecular weight is 255 g/mol. The van der Waals surface area contributed by atoms with Gasteiger partial charge in [0, 0.05) is 10.6 Å². The van der Waals surface area contributed by atoms with Crippen LogP contribution in [0.25, 0.3) is 5.69 Å². The predicted molar refractivity (Wildman–Crippen MR) is 67.7 cm³/mol. The summed E-state index contributed by atoms with van der Waals surface area (Å²) in [5.41, 5.74) is 3.00. The highest BCUT2D eigenvalue weighted by molar-refractivity contribution is 6.31. The first kappa shape index (κ1) is 11.5. The molecular weight excluding hydrogens is 243 g/mol. The fourth-order valence-corrected chi connectivity index (χ4v) is 1.98. The Balaban J connectivity index is 2.52. The van der Waals surface area contributed by atoms with Gasteiger partial charge < -0.3 is 0 Å². The Morgan fingerprint density at radius 2 is 1.81 bits per heavy atom. The van der Waals surface area contributed by atoms with Gasteiger partial charge in [-0.3, -0.25) is 0 Å². The summed E-state index contributed by atoms with van der Waals surface area (Å²) in [5.74, 6) is 0. The van der Waals surface area contributed by atoms with E-state index in [0.717, 1.165) is 23.4 Å². The second-order valence-corrected chi connectivity index (χ2v) is 4.40. The van der Waals surface area contributed by atoms with Crippen molar-refractivity contribution in [1.29, 1.82) is 0 Å². The van der Waals surface area contributed by atoms with Crippen LogP contribution in [-0.4, -0.2) is 9.78 Å². The lowest BCUT2D eigenvalue weighted by Gasteiger charge is -2.02. The van der Waals surface area contributed by atoms with Crippen LogP contribution in [0.4, 0.5) is 0 Å². The van der Waals surface area contributed by atoms with Crippen LogP contribution in [0.1, 0.15) is 18.2 Å². The normalized spacial score (nSPS) is 10.8. The van der Waals surface area contributed by atoms with Gasteiger partial charge in [-0.1, -0.05) is 30.1 Å². The summed E-state index contributed by atoms with van der Waals surface area (Å²) >= 11 is 12.1. The van der Waals surface area contributed by atoms with Gasteiger partial charge in [0.25, 0.3) is 0 Å². The van der Waals surface area contributed by atoms with E-state index in [1.807, 2.05) is 31.2 Å². The third kappa shape index (κ3) is 1.95. The third-order valence-electron chi connectivity index (χ3n) is 2.56. The Kier molecular flexibility index (Phi) is 3.22. The summed E-state index contributed by atoms with van der Waals surface area (Å²) in [4.78, 5) is 0. The number of hydrogen-bond donors (Lipinski definition) is 0. The number of rotatable bonds is 2. The molecule has 0 spiro atoms. The zero-order valence-corrected chi connectivity index (χ0v) is 10.7. The molecule has 0 unspecified atom stereocenters. The molecule has 0 fully saturated rings. The fourth-order valence-electron chi connectivity index (χ4n) is 1.61. The summed E-state index contributed by atoms with van der Waals surface area (Å²) in [6, 6.07) is 7.46. The molecule has 0 bridgehead atoms. The maximum atomic E-state index is 6.23. The lowest BCUT2D eigenvalue weighted by molar-refractivity contribution is 0.842. The van der Waals surface area contributed by atoms with Crippen LogP contribution in [-0.2, 0) is 6.42 Å². The lowest BCUT2D eigenvalue weighted by atomic mass is 10.2. The molecule has 2 rings (SSSR count). The zero-order chi connectivity index (χ0) is 11.7. The molecule has 1 heterocycles. The Labute approximate surface area is 105 Å². The van der Waals surface area contributed by atoms with E-state index in [0.29, 0.717) is 10.2 Å². The Morgan fingerprint density at radius 1 is 1.19 bits per heavy atom. The molecule has 0 saturated carbocycles. The summed E-state index contributed by atoms with van der Waals surface area (Å²) in [7, 11) is 0. The van der Waals surface area contributed by atoms with Crippen LogP contribution >= 0.6 is 23.2 Å². The second-order valence-electron chi connectivity index (χ2n) is 3.60. The zero-order valence-electron chi connectivity index (χ0n) is 9.17. The van der Waals surface area contributed by atoms with Crippen molar-refractivity contribution in [3.63, 3.8) is 0 Å². The number of halogens is 2. The molecule has 2 aromatic rings. The van der Waals surface area contributed by atoms with Crippen molar-refractivity contribution in [2.45, 2.75) is 20.3 Å². The quantitative estimate of drug-likeness (QED) is 0.791. The van der Waals surface area contributed by atoms with E-state index in [4.69, 9.17) is 23.2 Å². The van der Waals surface area contributed by atoms with Crippen molar-refractivity contribution in [2.75, 3.05) is 0 Å². The summed E-state index contributed by atoms with van der Waals surface area (Å²) < 4.78 is 1.74. The van der Waals surface area contributed by atoms with Crippen LogP contribution < -0.4 is 0 Å².